The van der Waals surface area contributed by atoms with Crippen LogP contribution in [0.1, 0.15) is 10.4 Å². The molecule has 0 saturated carbocycles. The molecule has 0 unspecified atom stereocenters. The highest BCUT2D eigenvalue weighted by Gasteiger charge is 2.16. The summed E-state index contributed by atoms with van der Waals surface area (Å²) in [6.07, 6.45) is 0. The minimum Gasteiger partial charge on any atom is -0.506 e. The zero-order valence-corrected chi connectivity index (χ0v) is 15.5. The fraction of sp³-hybridized carbons (Fsp3) is 0. The first-order chi connectivity index (χ1) is 10.4. The lowest BCUT2D eigenvalue weighted by molar-refractivity contribution is 0.102. The van der Waals surface area contributed by atoms with Gasteiger partial charge in [-0.25, -0.2) is 0 Å². The zero-order valence-electron chi connectivity index (χ0n) is 10.7. The van der Waals surface area contributed by atoms with Gasteiger partial charge in [0.15, 0.2) is 0 Å². The molecule has 0 fully saturated rings. The smallest absolute Gasteiger partial charge is 0.259 e. The van der Waals surface area contributed by atoms with Crippen LogP contribution in [0.25, 0.3) is 0 Å². The highest BCUT2D eigenvalue weighted by Crippen LogP contribution is 2.33. The number of amides is 1. The highest BCUT2D eigenvalue weighted by atomic mass is 79.9. The third-order valence-corrected chi connectivity index (χ3v) is 4.11. The molecule has 2 aromatic rings. The van der Waals surface area contributed by atoms with Crippen molar-refractivity contribution in [1.82, 2.24) is 0 Å². The van der Waals surface area contributed by atoms with E-state index in [9.17, 15) is 9.90 Å². The van der Waals surface area contributed by atoms with Crippen LogP contribution >= 0.6 is 55.7 Å². The van der Waals surface area contributed by atoms with Crippen molar-refractivity contribution in [2.24, 2.45) is 4.99 Å². The van der Waals surface area contributed by atoms with Crippen molar-refractivity contribution < 1.29 is 9.90 Å². The first kappa shape index (κ1) is 17.1. The van der Waals surface area contributed by atoms with E-state index in [2.05, 4.69) is 59.5 Å². The normalized spacial score (nSPS) is 9.95. The number of thiocarbonyl (C=S) groups is 1. The van der Waals surface area contributed by atoms with Gasteiger partial charge >= 0.3 is 0 Å². The van der Waals surface area contributed by atoms with E-state index in [0.29, 0.717) is 25.3 Å². The van der Waals surface area contributed by atoms with Gasteiger partial charge in [-0.2, -0.15) is 4.99 Å². The number of hydrogen-bond acceptors (Lipinski definition) is 4. The van der Waals surface area contributed by atoms with Crippen molar-refractivity contribution in [3.05, 3.63) is 49.9 Å². The molecule has 22 heavy (non-hydrogen) atoms. The summed E-state index contributed by atoms with van der Waals surface area (Å²) in [7, 11) is 0. The first-order valence-electron chi connectivity index (χ1n) is 5.79. The average Bonchev–Trinajstić information content (AvgIpc) is 2.46. The molecule has 0 atom stereocenters. The quantitative estimate of drug-likeness (QED) is 0.464. The van der Waals surface area contributed by atoms with E-state index in [1.807, 2.05) is 0 Å². The van der Waals surface area contributed by atoms with E-state index in [1.54, 1.807) is 24.3 Å². The number of aromatic hydroxyl groups is 1. The third-order valence-electron chi connectivity index (χ3n) is 2.65. The van der Waals surface area contributed by atoms with Crippen LogP contribution < -0.4 is 5.32 Å². The molecule has 0 radical (unpaired) electrons. The molecule has 0 saturated heterocycles. The summed E-state index contributed by atoms with van der Waals surface area (Å²) in [5.74, 6) is -0.647. The van der Waals surface area contributed by atoms with E-state index in [1.165, 1.54) is 6.07 Å². The van der Waals surface area contributed by atoms with Gasteiger partial charge in [-0.15, -0.1) is 0 Å². The maximum absolute atomic E-state index is 12.3. The Bertz CT molecular complexity index is 808. The van der Waals surface area contributed by atoms with Crippen molar-refractivity contribution in [1.29, 1.82) is 0 Å². The number of nitrogens with zero attached hydrogens (tertiary/aromatic N) is 1. The summed E-state index contributed by atoms with van der Waals surface area (Å²) in [6.45, 7) is 0. The van der Waals surface area contributed by atoms with E-state index < -0.39 is 5.91 Å². The van der Waals surface area contributed by atoms with E-state index in [0.717, 1.165) is 0 Å². The molecule has 1 amide bonds. The lowest BCUT2D eigenvalue weighted by Crippen LogP contribution is -2.12. The summed E-state index contributed by atoms with van der Waals surface area (Å²) in [5, 5.41) is 15.1. The summed E-state index contributed by atoms with van der Waals surface area (Å²) < 4.78 is 1.06. The van der Waals surface area contributed by atoms with Gasteiger partial charge in [0.05, 0.1) is 31.6 Å². The van der Waals surface area contributed by atoms with Crippen molar-refractivity contribution in [3.8, 4) is 5.75 Å². The van der Waals surface area contributed by atoms with E-state index in [4.69, 9.17) is 11.6 Å². The first-order valence-corrected chi connectivity index (χ1v) is 8.16. The number of isothiocyanates is 1. The van der Waals surface area contributed by atoms with Crippen LogP contribution in [0.3, 0.4) is 0 Å². The number of nitrogens with one attached hydrogen (secondary N) is 1. The van der Waals surface area contributed by atoms with Gasteiger partial charge in [-0.3, -0.25) is 4.79 Å². The molecule has 112 valence electrons. The Morgan fingerprint density at radius 3 is 2.68 bits per heavy atom. The van der Waals surface area contributed by atoms with Gasteiger partial charge in [0.1, 0.15) is 5.75 Å². The number of carbonyl (C=O) groups is 1. The number of aliphatic imine (C=N–C) groups is 1. The van der Waals surface area contributed by atoms with Crippen LogP contribution in [0.5, 0.6) is 5.75 Å². The van der Waals surface area contributed by atoms with Crippen molar-refractivity contribution in [2.75, 3.05) is 5.32 Å². The number of hydrogen-bond donors (Lipinski definition) is 2. The molecule has 0 aliphatic carbocycles. The molecular formula is C14H7Br2ClN2O2S. The summed E-state index contributed by atoms with van der Waals surface area (Å²) in [4.78, 5) is 16.1. The van der Waals surface area contributed by atoms with Crippen LogP contribution in [-0.4, -0.2) is 16.2 Å². The number of carbonyl (C=O) groups excluding carboxylic acids is 1. The Kier molecular flexibility index (Phi) is 5.72. The van der Waals surface area contributed by atoms with Gasteiger partial charge in [0.2, 0.25) is 0 Å². The van der Waals surface area contributed by atoms with Crippen LogP contribution in [0.2, 0.25) is 5.02 Å². The molecule has 0 aromatic heterocycles. The van der Waals surface area contributed by atoms with Gasteiger partial charge in [0.25, 0.3) is 5.91 Å². The minimum absolute atomic E-state index is 0.110. The minimum atomic E-state index is -0.493. The standard InChI is InChI=1S/C14H7Br2ClN2O2S/c15-7-3-9(13(20)10(16)4-7)14(21)19-12-2-1-8(18-6-22)5-11(12)17/h1-5,20H,(H,19,21). The Morgan fingerprint density at radius 2 is 2.05 bits per heavy atom. The molecule has 0 heterocycles. The second kappa shape index (κ2) is 7.35. The summed E-state index contributed by atoms with van der Waals surface area (Å²) in [6, 6.07) is 7.92. The van der Waals surface area contributed by atoms with Gasteiger partial charge in [-0.05, 0) is 58.5 Å². The molecule has 0 aliphatic rings. The number of anilines is 1. The number of phenolic OH excluding ortho intramolecular Hbond substituents is 1. The Hall–Kier alpha value is -1.24. The number of halogens is 3. The van der Waals surface area contributed by atoms with Crippen LogP contribution in [0.4, 0.5) is 11.4 Å². The Balaban J connectivity index is 2.31. The second-order valence-electron chi connectivity index (χ2n) is 4.11. The van der Waals surface area contributed by atoms with Crippen molar-refractivity contribution in [3.63, 3.8) is 0 Å². The van der Waals surface area contributed by atoms with Crippen molar-refractivity contribution in [2.45, 2.75) is 0 Å². The molecule has 2 aromatic carbocycles. The highest BCUT2D eigenvalue weighted by molar-refractivity contribution is 9.11. The molecular weight excluding hydrogens is 455 g/mol. The monoisotopic (exact) mass is 460 g/mol. The largest absolute Gasteiger partial charge is 0.506 e. The Labute approximate surface area is 153 Å². The second-order valence-corrected chi connectivity index (χ2v) is 6.46. The summed E-state index contributed by atoms with van der Waals surface area (Å²) in [5.41, 5.74) is 1.04. The number of benzene rings is 2. The van der Waals surface area contributed by atoms with E-state index in [-0.39, 0.29) is 11.3 Å². The molecule has 4 nitrogen and oxygen atoms in total. The van der Waals surface area contributed by atoms with Crippen LogP contribution in [0, 0.1) is 0 Å². The lowest BCUT2D eigenvalue weighted by Gasteiger charge is -2.10. The maximum atomic E-state index is 12.3. The third kappa shape index (κ3) is 3.94. The summed E-state index contributed by atoms with van der Waals surface area (Å²) >= 11 is 17.0. The fourth-order valence-electron chi connectivity index (χ4n) is 1.66. The molecule has 0 bridgehead atoms. The lowest BCUT2D eigenvalue weighted by atomic mass is 10.2. The predicted octanol–water partition coefficient (Wildman–Crippen LogP) is 5.56. The van der Waals surface area contributed by atoms with Crippen molar-refractivity contribution >= 4 is 78.1 Å². The maximum Gasteiger partial charge on any atom is 0.259 e. The number of rotatable bonds is 3. The molecule has 0 spiro atoms. The molecule has 8 heteroatoms. The topological polar surface area (TPSA) is 61.7 Å². The van der Waals surface area contributed by atoms with Crippen LogP contribution in [0.15, 0.2) is 44.3 Å². The zero-order chi connectivity index (χ0) is 16.3. The van der Waals surface area contributed by atoms with Gasteiger partial charge < -0.3 is 10.4 Å². The molecule has 2 rings (SSSR count). The Morgan fingerprint density at radius 1 is 1.32 bits per heavy atom. The van der Waals surface area contributed by atoms with Crippen LogP contribution in [-0.2, 0) is 0 Å². The predicted molar refractivity (Wildman–Crippen MR) is 97.6 cm³/mol. The SMILES string of the molecule is O=C(Nc1ccc(N=C=S)cc1Cl)c1cc(Br)cc(Br)c1O. The average molecular weight is 463 g/mol. The van der Waals surface area contributed by atoms with E-state index >= 15 is 0 Å². The number of phenols is 1. The fourth-order valence-corrected chi connectivity index (χ4v) is 3.21. The molecule has 2 N–H and O–H groups in total. The molecule has 0 aliphatic heterocycles. The van der Waals surface area contributed by atoms with Gasteiger partial charge in [-0.1, -0.05) is 27.5 Å². The van der Waals surface area contributed by atoms with Gasteiger partial charge in [0, 0.05) is 4.47 Å².